The quantitative estimate of drug-likeness (QED) is 0.352. The van der Waals surface area contributed by atoms with Crippen molar-refractivity contribution in [2.45, 2.75) is 38.9 Å². The molecule has 0 aliphatic rings. The van der Waals surface area contributed by atoms with Crippen LogP contribution in [0.1, 0.15) is 20.8 Å². The van der Waals surface area contributed by atoms with Gasteiger partial charge in [0.15, 0.2) is 0 Å². The number of halogens is 2. The van der Waals surface area contributed by atoms with Crippen molar-refractivity contribution in [2.24, 2.45) is 0 Å². The summed E-state index contributed by atoms with van der Waals surface area (Å²) in [5.41, 5.74) is 2.07. The van der Waals surface area contributed by atoms with Crippen LogP contribution < -0.4 is 9.16 Å². The molecule has 2 nitrogen and oxygen atoms in total. The number of methoxy groups -OCH3 is 1. The van der Waals surface area contributed by atoms with Crippen molar-refractivity contribution >= 4 is 46.6 Å². The molecule has 0 N–H and O–H groups in total. The van der Waals surface area contributed by atoms with E-state index >= 15 is 0 Å². The summed E-state index contributed by atoms with van der Waals surface area (Å²) < 4.78 is 13.1. The predicted molar refractivity (Wildman–Crippen MR) is 126 cm³/mol. The van der Waals surface area contributed by atoms with Crippen LogP contribution in [-0.4, -0.2) is 15.4 Å². The Kier molecular flexibility index (Phi) is 5.86. The zero-order chi connectivity index (χ0) is 20.7. The molecule has 3 rings (SSSR count). The first-order valence-corrected chi connectivity index (χ1v) is 13.4. The van der Waals surface area contributed by atoms with Gasteiger partial charge in [-0.3, -0.25) is 0 Å². The van der Waals surface area contributed by atoms with Crippen LogP contribution >= 0.6 is 27.5 Å². The van der Waals surface area contributed by atoms with E-state index in [1.807, 2.05) is 24.3 Å². The number of hydrogen-bond donors (Lipinski definition) is 0. The van der Waals surface area contributed by atoms with Crippen molar-refractivity contribution < 1.29 is 9.16 Å². The van der Waals surface area contributed by atoms with E-state index in [2.05, 4.69) is 74.1 Å². The number of benzene rings is 3. The Balaban J connectivity index is 2.33. The second kappa shape index (κ2) is 7.73. The number of rotatable bonds is 4. The van der Waals surface area contributed by atoms with Crippen molar-refractivity contribution in [1.82, 2.24) is 0 Å². The van der Waals surface area contributed by atoms with E-state index in [0.717, 1.165) is 42.9 Å². The Labute approximate surface area is 182 Å². The van der Waals surface area contributed by atoms with Crippen molar-refractivity contribution in [1.29, 1.82) is 0 Å². The maximum Gasteiger partial charge on any atom is 0.250 e. The number of ether oxygens (including phenoxy) is 1. The highest BCUT2D eigenvalue weighted by atomic mass is 79.9. The Hall–Kier alpha value is -1.49. The number of hydrogen-bond acceptors (Lipinski definition) is 2. The summed E-state index contributed by atoms with van der Waals surface area (Å²) in [6.45, 7) is 11.2. The lowest BCUT2D eigenvalue weighted by molar-refractivity contribution is 0.415. The Bertz CT molecular complexity index is 1010. The van der Waals surface area contributed by atoms with Gasteiger partial charge in [-0.05, 0) is 69.3 Å². The zero-order valence-electron chi connectivity index (χ0n) is 17.2. The van der Waals surface area contributed by atoms with Gasteiger partial charge in [-0.15, -0.1) is 0 Å². The van der Waals surface area contributed by atoms with Gasteiger partial charge in [0.25, 0.3) is 8.32 Å². The van der Waals surface area contributed by atoms with Crippen LogP contribution in [0.5, 0.6) is 11.5 Å². The minimum Gasteiger partial charge on any atom is -0.542 e. The fourth-order valence-corrected chi connectivity index (χ4v) is 4.88. The van der Waals surface area contributed by atoms with Crippen LogP contribution in [0.3, 0.4) is 0 Å². The average Bonchev–Trinajstić information content (AvgIpc) is 2.62. The highest BCUT2D eigenvalue weighted by molar-refractivity contribution is 9.10. The summed E-state index contributed by atoms with van der Waals surface area (Å²) in [7, 11) is -0.389. The van der Waals surface area contributed by atoms with Gasteiger partial charge in [-0.25, -0.2) is 0 Å². The molecule has 0 radical (unpaired) electrons. The van der Waals surface area contributed by atoms with Crippen LogP contribution in [0.25, 0.3) is 21.9 Å². The summed E-state index contributed by atoms with van der Waals surface area (Å²) >= 11 is 10.4. The Morgan fingerprint density at radius 2 is 1.64 bits per heavy atom. The Morgan fingerprint density at radius 1 is 1.00 bits per heavy atom. The maximum absolute atomic E-state index is 6.80. The smallest absolute Gasteiger partial charge is 0.250 e. The fraction of sp³-hybridized carbons (Fsp3) is 0.304. The van der Waals surface area contributed by atoms with Crippen LogP contribution in [-0.2, 0) is 0 Å². The third kappa shape index (κ3) is 3.96. The molecule has 0 saturated heterocycles. The highest BCUT2D eigenvalue weighted by Crippen LogP contribution is 2.48. The molecule has 0 aliphatic carbocycles. The van der Waals surface area contributed by atoms with E-state index in [-0.39, 0.29) is 5.04 Å². The second-order valence-electron chi connectivity index (χ2n) is 8.49. The molecule has 3 aromatic carbocycles. The molecule has 0 fully saturated rings. The van der Waals surface area contributed by atoms with E-state index in [9.17, 15) is 0 Å². The third-order valence-electron chi connectivity index (χ3n) is 5.56. The van der Waals surface area contributed by atoms with Gasteiger partial charge in [-0.2, -0.15) is 0 Å². The van der Waals surface area contributed by atoms with Gasteiger partial charge in [0.2, 0.25) is 0 Å². The molecule has 0 aliphatic heterocycles. The van der Waals surface area contributed by atoms with Crippen LogP contribution in [0, 0.1) is 0 Å². The topological polar surface area (TPSA) is 18.5 Å². The van der Waals surface area contributed by atoms with Gasteiger partial charge < -0.3 is 9.16 Å². The highest BCUT2D eigenvalue weighted by Gasteiger charge is 2.40. The summed E-state index contributed by atoms with van der Waals surface area (Å²) in [6, 6.07) is 16.1. The van der Waals surface area contributed by atoms with E-state index < -0.39 is 8.32 Å². The Morgan fingerprint density at radius 3 is 2.21 bits per heavy atom. The van der Waals surface area contributed by atoms with E-state index in [1.54, 1.807) is 7.11 Å². The van der Waals surface area contributed by atoms with Crippen molar-refractivity contribution in [2.75, 3.05) is 7.11 Å². The first kappa shape index (κ1) is 21.2. The fourth-order valence-electron chi connectivity index (χ4n) is 2.90. The van der Waals surface area contributed by atoms with E-state index in [1.165, 1.54) is 0 Å². The lowest BCUT2D eigenvalue weighted by Crippen LogP contribution is -2.44. The standard InChI is InChI=1S/C23H26BrClO2Si/c1-23(2,3)28(5,6)27-22-18(24)14-16-8-7-9-19(25)20(16)21(22)15-10-12-17(26-4)13-11-15/h7-14H,1-6H3. The second-order valence-corrected chi connectivity index (χ2v) is 14.5. The predicted octanol–water partition coefficient (Wildman–Crippen LogP) is 8.32. The van der Waals surface area contributed by atoms with Gasteiger partial charge in [0, 0.05) is 16.0 Å². The molecule has 148 valence electrons. The molecule has 0 saturated carbocycles. The summed E-state index contributed by atoms with van der Waals surface area (Å²) in [4.78, 5) is 0. The molecular formula is C23H26BrClO2Si. The molecule has 5 heteroatoms. The SMILES string of the molecule is COc1ccc(-c2c(O[Si](C)(C)C(C)(C)C)c(Br)cc3cccc(Cl)c23)cc1. The molecule has 0 aromatic heterocycles. The molecule has 3 aromatic rings. The van der Waals surface area contributed by atoms with Crippen molar-refractivity contribution in [3.63, 3.8) is 0 Å². The largest absolute Gasteiger partial charge is 0.542 e. The first-order valence-electron chi connectivity index (χ1n) is 9.29. The molecule has 0 bridgehead atoms. The van der Waals surface area contributed by atoms with Crippen LogP contribution in [0.15, 0.2) is 53.0 Å². The summed E-state index contributed by atoms with van der Waals surface area (Å²) in [5, 5.41) is 2.88. The zero-order valence-corrected chi connectivity index (χ0v) is 20.5. The van der Waals surface area contributed by atoms with E-state index in [0.29, 0.717) is 0 Å². The summed E-state index contributed by atoms with van der Waals surface area (Å²) in [5.74, 6) is 1.68. The normalized spacial score (nSPS) is 12.3. The molecule has 0 spiro atoms. The average molecular weight is 478 g/mol. The monoisotopic (exact) mass is 476 g/mol. The van der Waals surface area contributed by atoms with Gasteiger partial charge in [0.1, 0.15) is 11.5 Å². The minimum atomic E-state index is -2.06. The third-order valence-corrected chi connectivity index (χ3v) is 10.8. The van der Waals surface area contributed by atoms with E-state index in [4.69, 9.17) is 20.8 Å². The number of fused-ring (bicyclic) bond motifs is 1. The van der Waals surface area contributed by atoms with Crippen LogP contribution in [0.4, 0.5) is 0 Å². The van der Waals surface area contributed by atoms with Gasteiger partial charge in [-0.1, -0.05) is 56.6 Å². The maximum atomic E-state index is 6.80. The molecular weight excluding hydrogens is 452 g/mol. The first-order chi connectivity index (χ1) is 13.0. The van der Waals surface area contributed by atoms with Crippen molar-refractivity contribution in [3.05, 3.63) is 58.0 Å². The van der Waals surface area contributed by atoms with Crippen LogP contribution in [0.2, 0.25) is 23.2 Å². The summed E-state index contributed by atoms with van der Waals surface area (Å²) in [6.07, 6.45) is 0. The van der Waals surface area contributed by atoms with Gasteiger partial charge >= 0.3 is 0 Å². The van der Waals surface area contributed by atoms with Gasteiger partial charge in [0.05, 0.1) is 11.6 Å². The molecule has 28 heavy (non-hydrogen) atoms. The molecule has 0 unspecified atom stereocenters. The van der Waals surface area contributed by atoms with Crippen molar-refractivity contribution in [3.8, 4) is 22.6 Å². The lowest BCUT2D eigenvalue weighted by atomic mass is 9.97. The molecule has 0 heterocycles. The molecule has 0 amide bonds. The lowest BCUT2D eigenvalue weighted by Gasteiger charge is -2.37. The molecule has 0 atom stereocenters. The minimum absolute atomic E-state index is 0.0824.